The molecule has 3 nitrogen and oxygen atoms in total. The maximum absolute atomic E-state index is 11.1. The van der Waals surface area contributed by atoms with Gasteiger partial charge in [0.25, 0.3) is 0 Å². The second kappa shape index (κ2) is 8.05. The van der Waals surface area contributed by atoms with E-state index in [2.05, 4.69) is 12.6 Å². The Morgan fingerprint density at radius 3 is 2.73 bits per heavy atom. The number of hydrogen-bond donors (Lipinski definition) is 0. The molecule has 0 saturated heterocycles. The Labute approximate surface area is 91.7 Å². The number of esters is 1. The zero-order valence-electron chi connectivity index (χ0n) is 9.58. The van der Waals surface area contributed by atoms with Crippen LogP contribution in [0.4, 0.5) is 0 Å². The summed E-state index contributed by atoms with van der Waals surface area (Å²) in [6.45, 7) is 7.63. The van der Waals surface area contributed by atoms with Crippen LogP contribution in [0.2, 0.25) is 0 Å². The van der Waals surface area contributed by atoms with Gasteiger partial charge in [0.2, 0.25) is 0 Å². The minimum absolute atomic E-state index is 0.320. The topological polar surface area (TPSA) is 50.1 Å². The number of carbonyl (C=O) groups is 1. The monoisotopic (exact) mass is 209 g/mol. The van der Waals surface area contributed by atoms with Crippen molar-refractivity contribution in [3.8, 4) is 6.07 Å². The molecule has 15 heavy (non-hydrogen) atoms. The van der Waals surface area contributed by atoms with Crippen LogP contribution in [0.5, 0.6) is 0 Å². The van der Waals surface area contributed by atoms with Crippen LogP contribution in [0.15, 0.2) is 12.2 Å². The maximum atomic E-state index is 11.1. The molecule has 0 saturated carbocycles. The van der Waals surface area contributed by atoms with Gasteiger partial charge in [-0.1, -0.05) is 19.9 Å². The van der Waals surface area contributed by atoms with E-state index in [1.165, 1.54) is 0 Å². The lowest BCUT2D eigenvalue weighted by Crippen LogP contribution is -2.12. The van der Waals surface area contributed by atoms with E-state index < -0.39 is 0 Å². The van der Waals surface area contributed by atoms with E-state index in [0.717, 1.165) is 19.3 Å². The number of nitrogens with zero attached hydrogens (tertiary/aromatic N) is 1. The summed E-state index contributed by atoms with van der Waals surface area (Å²) in [6, 6.07) is 2.11. The molecule has 0 rings (SSSR count). The largest absolute Gasteiger partial charge is 0.462 e. The van der Waals surface area contributed by atoms with Crippen molar-refractivity contribution in [2.24, 2.45) is 5.92 Å². The smallest absolute Gasteiger partial charge is 0.333 e. The third-order valence-electron chi connectivity index (χ3n) is 2.08. The highest BCUT2D eigenvalue weighted by atomic mass is 16.5. The molecule has 0 aromatic heterocycles. The van der Waals surface area contributed by atoms with Gasteiger partial charge in [-0.05, 0) is 25.7 Å². The zero-order valence-corrected chi connectivity index (χ0v) is 9.58. The highest BCUT2D eigenvalue weighted by molar-refractivity contribution is 5.86. The van der Waals surface area contributed by atoms with Crippen molar-refractivity contribution >= 4 is 5.97 Å². The molecule has 0 aliphatic carbocycles. The Morgan fingerprint density at radius 2 is 2.20 bits per heavy atom. The maximum Gasteiger partial charge on any atom is 0.333 e. The van der Waals surface area contributed by atoms with Crippen LogP contribution in [0.25, 0.3) is 0 Å². The quantitative estimate of drug-likeness (QED) is 0.368. The van der Waals surface area contributed by atoms with Gasteiger partial charge in [-0.3, -0.25) is 0 Å². The van der Waals surface area contributed by atoms with Crippen LogP contribution in [-0.2, 0) is 9.53 Å². The molecule has 0 heterocycles. The van der Waals surface area contributed by atoms with Gasteiger partial charge in [0.05, 0.1) is 12.7 Å². The summed E-state index contributed by atoms with van der Waals surface area (Å²) >= 11 is 0. The molecular formula is C12H19NO2. The minimum atomic E-state index is -0.320. The van der Waals surface area contributed by atoms with Crippen molar-refractivity contribution in [1.29, 1.82) is 5.26 Å². The number of ether oxygens (including phenoxy) is 1. The lowest BCUT2D eigenvalue weighted by atomic mass is 10.0. The second-order valence-corrected chi connectivity index (χ2v) is 3.89. The summed E-state index contributed by atoms with van der Waals surface area (Å²) in [5.74, 6) is 0.0332. The molecule has 0 amide bonds. The Balaban J connectivity index is 3.49. The molecule has 0 aliphatic heterocycles. The second-order valence-electron chi connectivity index (χ2n) is 3.89. The van der Waals surface area contributed by atoms with Gasteiger partial charge in [-0.2, -0.15) is 5.26 Å². The van der Waals surface area contributed by atoms with Crippen LogP contribution in [0.1, 0.15) is 39.5 Å². The Bertz CT molecular complexity index is 253. The highest BCUT2D eigenvalue weighted by Crippen LogP contribution is 2.10. The fourth-order valence-corrected chi connectivity index (χ4v) is 1.12. The zero-order chi connectivity index (χ0) is 11.7. The van der Waals surface area contributed by atoms with Crippen LogP contribution in [0, 0.1) is 17.2 Å². The number of nitriles is 1. The van der Waals surface area contributed by atoms with Crippen molar-refractivity contribution in [2.45, 2.75) is 39.5 Å². The molecule has 0 aliphatic rings. The van der Waals surface area contributed by atoms with Gasteiger partial charge >= 0.3 is 5.97 Å². The Kier molecular flexibility index (Phi) is 7.35. The molecule has 84 valence electrons. The summed E-state index contributed by atoms with van der Waals surface area (Å²) in [4.78, 5) is 11.1. The number of rotatable bonds is 7. The number of carbonyl (C=O) groups excluding carboxylic acids is 1. The molecule has 0 N–H and O–H groups in total. The first-order valence-electron chi connectivity index (χ1n) is 5.27. The van der Waals surface area contributed by atoms with Crippen molar-refractivity contribution in [1.82, 2.24) is 0 Å². The van der Waals surface area contributed by atoms with Crippen LogP contribution >= 0.6 is 0 Å². The van der Waals surface area contributed by atoms with Gasteiger partial charge in [0, 0.05) is 12.0 Å². The summed E-state index contributed by atoms with van der Waals surface area (Å²) in [5.41, 5.74) is 0.437. The average molecular weight is 209 g/mol. The summed E-state index contributed by atoms with van der Waals surface area (Å²) in [5, 5.41) is 8.34. The lowest BCUT2D eigenvalue weighted by molar-refractivity contribution is -0.140. The van der Waals surface area contributed by atoms with Crippen LogP contribution in [0.3, 0.4) is 0 Å². The third-order valence-corrected chi connectivity index (χ3v) is 2.08. The minimum Gasteiger partial charge on any atom is -0.462 e. The van der Waals surface area contributed by atoms with Crippen molar-refractivity contribution in [3.63, 3.8) is 0 Å². The molecule has 0 bridgehead atoms. The van der Waals surface area contributed by atoms with E-state index in [1.54, 1.807) is 6.92 Å². The van der Waals surface area contributed by atoms with Crippen molar-refractivity contribution in [3.05, 3.63) is 12.2 Å². The molecular weight excluding hydrogens is 190 g/mol. The van der Waals surface area contributed by atoms with E-state index in [1.807, 2.05) is 6.92 Å². The molecule has 0 aromatic rings. The van der Waals surface area contributed by atoms with E-state index in [-0.39, 0.29) is 5.97 Å². The summed E-state index contributed by atoms with van der Waals surface area (Å²) in [6.07, 6.45) is 3.54. The predicted molar refractivity (Wildman–Crippen MR) is 59.0 cm³/mol. The fourth-order valence-electron chi connectivity index (χ4n) is 1.12. The van der Waals surface area contributed by atoms with E-state index in [0.29, 0.717) is 24.5 Å². The molecule has 0 aromatic carbocycles. The molecule has 3 heteroatoms. The van der Waals surface area contributed by atoms with Crippen LogP contribution in [-0.4, -0.2) is 12.6 Å². The summed E-state index contributed by atoms with van der Waals surface area (Å²) < 4.78 is 5.02. The molecule has 0 spiro atoms. The molecule has 1 atom stereocenters. The Hall–Kier alpha value is -1.30. The van der Waals surface area contributed by atoms with Gasteiger partial charge in [0.1, 0.15) is 0 Å². The summed E-state index contributed by atoms with van der Waals surface area (Å²) in [7, 11) is 0. The van der Waals surface area contributed by atoms with E-state index >= 15 is 0 Å². The van der Waals surface area contributed by atoms with E-state index in [4.69, 9.17) is 10.00 Å². The average Bonchev–Trinajstić information content (AvgIpc) is 2.20. The van der Waals surface area contributed by atoms with E-state index in [9.17, 15) is 4.79 Å². The molecule has 0 fully saturated rings. The SMILES string of the molecule is C=C(C)C(=O)OCC(C)CCCCC#N. The predicted octanol–water partition coefficient (Wildman–Crippen LogP) is 2.83. The highest BCUT2D eigenvalue weighted by Gasteiger charge is 2.07. The van der Waals surface area contributed by atoms with Crippen LogP contribution < -0.4 is 0 Å². The fraction of sp³-hybridized carbons (Fsp3) is 0.667. The van der Waals surface area contributed by atoms with Gasteiger partial charge < -0.3 is 4.74 Å². The molecule has 1 unspecified atom stereocenters. The number of hydrogen-bond acceptors (Lipinski definition) is 3. The first kappa shape index (κ1) is 13.7. The Morgan fingerprint density at radius 1 is 1.53 bits per heavy atom. The van der Waals surface area contributed by atoms with Crippen molar-refractivity contribution < 1.29 is 9.53 Å². The third kappa shape index (κ3) is 7.75. The first-order valence-corrected chi connectivity index (χ1v) is 5.27. The van der Waals surface area contributed by atoms with Gasteiger partial charge in [-0.25, -0.2) is 4.79 Å². The number of unbranched alkanes of at least 4 members (excludes halogenated alkanes) is 2. The first-order chi connectivity index (χ1) is 7.07. The van der Waals surface area contributed by atoms with Gasteiger partial charge in [-0.15, -0.1) is 0 Å². The van der Waals surface area contributed by atoms with Gasteiger partial charge in [0.15, 0.2) is 0 Å². The standard InChI is InChI=1S/C12H19NO2/c1-10(2)12(14)15-9-11(3)7-5-4-6-8-13/h11H,1,4-7,9H2,2-3H3. The lowest BCUT2D eigenvalue weighted by Gasteiger charge is -2.11. The normalized spacial score (nSPS) is 11.5. The molecule has 0 radical (unpaired) electrons. The van der Waals surface area contributed by atoms with Crippen molar-refractivity contribution in [2.75, 3.05) is 6.61 Å².